The number of hydrogen-bond acceptors (Lipinski definition) is 3. The molecule has 0 aromatic heterocycles. The predicted octanol–water partition coefficient (Wildman–Crippen LogP) is 1.92. The van der Waals surface area contributed by atoms with Crippen LogP contribution in [0.3, 0.4) is 0 Å². The number of amides is 1. The second-order valence-electron chi connectivity index (χ2n) is 4.82. The van der Waals surface area contributed by atoms with Crippen LogP contribution in [0.5, 0.6) is 0 Å². The number of rotatable bonds is 2. The Bertz CT molecular complexity index is 442. The zero-order valence-electron chi connectivity index (χ0n) is 10.2. The first kappa shape index (κ1) is 13.2. The number of nitrogens with one attached hydrogen (secondary N) is 1. The molecule has 98 valence electrons. The van der Waals surface area contributed by atoms with Crippen molar-refractivity contribution in [1.29, 1.82) is 0 Å². The van der Waals surface area contributed by atoms with Crippen molar-refractivity contribution >= 4 is 23.2 Å². The van der Waals surface area contributed by atoms with Gasteiger partial charge in [0.2, 0.25) is 0 Å². The Hall–Kier alpha value is -1.26. The molecule has 4 nitrogen and oxygen atoms in total. The van der Waals surface area contributed by atoms with Crippen molar-refractivity contribution in [3.05, 3.63) is 28.8 Å². The molecule has 0 bridgehead atoms. The standard InChI is InChI=1S/C13H18ClN3O/c14-8-1-6-11(12(16)7-8)13(18)17-10-4-2-9(15)3-5-10/h1,6-7,9-10H,2-5,15-16H2,(H,17,18). The van der Waals surface area contributed by atoms with Gasteiger partial charge < -0.3 is 16.8 Å². The summed E-state index contributed by atoms with van der Waals surface area (Å²) in [5.74, 6) is -0.135. The topological polar surface area (TPSA) is 81.1 Å². The maximum absolute atomic E-state index is 12.1. The van der Waals surface area contributed by atoms with Gasteiger partial charge in [0.15, 0.2) is 0 Å². The summed E-state index contributed by atoms with van der Waals surface area (Å²) in [6.07, 6.45) is 3.78. The van der Waals surface area contributed by atoms with Crippen molar-refractivity contribution < 1.29 is 4.79 Å². The molecule has 5 heteroatoms. The van der Waals surface area contributed by atoms with Gasteiger partial charge in [-0.1, -0.05) is 11.6 Å². The van der Waals surface area contributed by atoms with Crippen LogP contribution in [0.15, 0.2) is 18.2 Å². The highest BCUT2D eigenvalue weighted by Gasteiger charge is 2.21. The van der Waals surface area contributed by atoms with Crippen molar-refractivity contribution in [2.75, 3.05) is 5.73 Å². The quantitative estimate of drug-likeness (QED) is 0.716. The molecule has 0 saturated heterocycles. The molecule has 0 atom stereocenters. The van der Waals surface area contributed by atoms with Gasteiger partial charge >= 0.3 is 0 Å². The number of carbonyl (C=O) groups excluding carboxylic acids is 1. The van der Waals surface area contributed by atoms with E-state index >= 15 is 0 Å². The van der Waals surface area contributed by atoms with E-state index in [1.165, 1.54) is 0 Å². The zero-order chi connectivity index (χ0) is 13.1. The lowest BCUT2D eigenvalue weighted by molar-refractivity contribution is 0.0927. The molecule has 5 N–H and O–H groups in total. The van der Waals surface area contributed by atoms with Crippen LogP contribution >= 0.6 is 11.6 Å². The Labute approximate surface area is 112 Å². The van der Waals surface area contributed by atoms with Crippen molar-refractivity contribution in [2.45, 2.75) is 37.8 Å². The summed E-state index contributed by atoms with van der Waals surface area (Å²) in [6, 6.07) is 5.39. The minimum atomic E-state index is -0.135. The van der Waals surface area contributed by atoms with E-state index in [1.54, 1.807) is 18.2 Å². The molecule has 1 aromatic rings. The highest BCUT2D eigenvalue weighted by molar-refractivity contribution is 6.31. The fourth-order valence-electron chi connectivity index (χ4n) is 2.27. The third-order valence-electron chi connectivity index (χ3n) is 3.37. The summed E-state index contributed by atoms with van der Waals surface area (Å²) < 4.78 is 0. The summed E-state index contributed by atoms with van der Waals surface area (Å²) >= 11 is 5.80. The number of hydrogen-bond donors (Lipinski definition) is 3. The normalized spacial score (nSPS) is 23.7. The molecule has 0 spiro atoms. The van der Waals surface area contributed by atoms with Crippen LogP contribution in [-0.4, -0.2) is 18.0 Å². The van der Waals surface area contributed by atoms with E-state index in [1.807, 2.05) is 0 Å². The minimum Gasteiger partial charge on any atom is -0.398 e. The Morgan fingerprint density at radius 2 is 1.94 bits per heavy atom. The van der Waals surface area contributed by atoms with Crippen LogP contribution in [0.2, 0.25) is 5.02 Å². The molecular weight excluding hydrogens is 250 g/mol. The van der Waals surface area contributed by atoms with Crippen LogP contribution in [0.1, 0.15) is 36.0 Å². The highest BCUT2D eigenvalue weighted by atomic mass is 35.5. The van der Waals surface area contributed by atoms with Gasteiger partial charge in [-0.15, -0.1) is 0 Å². The molecule has 0 heterocycles. The van der Waals surface area contributed by atoms with Crippen LogP contribution in [-0.2, 0) is 0 Å². The molecule has 1 fully saturated rings. The van der Waals surface area contributed by atoms with Crippen molar-refractivity contribution in [2.24, 2.45) is 5.73 Å². The van der Waals surface area contributed by atoms with Crippen molar-refractivity contribution in [3.8, 4) is 0 Å². The number of anilines is 1. The number of benzene rings is 1. The van der Waals surface area contributed by atoms with Gasteiger partial charge in [-0.05, 0) is 43.9 Å². The number of nitrogens with two attached hydrogens (primary N) is 2. The van der Waals surface area contributed by atoms with E-state index in [9.17, 15) is 4.79 Å². The lowest BCUT2D eigenvalue weighted by Gasteiger charge is -2.27. The Kier molecular flexibility index (Phi) is 4.09. The fourth-order valence-corrected chi connectivity index (χ4v) is 2.45. The Morgan fingerprint density at radius 1 is 1.28 bits per heavy atom. The van der Waals surface area contributed by atoms with Gasteiger partial charge in [0.05, 0.1) is 5.56 Å². The van der Waals surface area contributed by atoms with E-state index in [2.05, 4.69) is 5.32 Å². The predicted molar refractivity (Wildman–Crippen MR) is 73.6 cm³/mol. The molecule has 1 aromatic carbocycles. The van der Waals surface area contributed by atoms with Gasteiger partial charge in [-0.3, -0.25) is 4.79 Å². The van der Waals surface area contributed by atoms with Crippen LogP contribution in [0.4, 0.5) is 5.69 Å². The highest BCUT2D eigenvalue weighted by Crippen LogP contribution is 2.20. The molecule has 1 amide bonds. The van der Waals surface area contributed by atoms with Crippen LogP contribution < -0.4 is 16.8 Å². The summed E-state index contributed by atoms with van der Waals surface area (Å²) in [4.78, 5) is 12.1. The monoisotopic (exact) mass is 267 g/mol. The molecule has 0 aliphatic heterocycles. The van der Waals surface area contributed by atoms with Gasteiger partial charge in [0.1, 0.15) is 0 Å². The lowest BCUT2D eigenvalue weighted by atomic mass is 9.91. The second-order valence-corrected chi connectivity index (χ2v) is 5.25. The summed E-state index contributed by atoms with van der Waals surface area (Å²) in [6.45, 7) is 0. The summed E-state index contributed by atoms with van der Waals surface area (Å²) in [5.41, 5.74) is 12.5. The van der Waals surface area contributed by atoms with Gasteiger partial charge in [-0.25, -0.2) is 0 Å². The molecule has 0 radical (unpaired) electrons. The fraction of sp³-hybridized carbons (Fsp3) is 0.462. The number of halogens is 1. The molecule has 1 aliphatic rings. The summed E-state index contributed by atoms with van der Waals surface area (Å²) in [5, 5.41) is 3.53. The molecule has 18 heavy (non-hydrogen) atoms. The second kappa shape index (κ2) is 5.59. The zero-order valence-corrected chi connectivity index (χ0v) is 10.9. The van der Waals surface area contributed by atoms with Crippen LogP contribution in [0, 0.1) is 0 Å². The molecule has 2 rings (SSSR count). The maximum atomic E-state index is 12.1. The third kappa shape index (κ3) is 3.15. The average Bonchev–Trinajstić information content (AvgIpc) is 2.32. The van der Waals surface area contributed by atoms with Gasteiger partial charge in [-0.2, -0.15) is 0 Å². The smallest absolute Gasteiger partial charge is 0.253 e. The first-order chi connectivity index (χ1) is 8.56. The van der Waals surface area contributed by atoms with Crippen molar-refractivity contribution in [1.82, 2.24) is 5.32 Å². The van der Waals surface area contributed by atoms with Crippen molar-refractivity contribution in [3.63, 3.8) is 0 Å². The van der Waals surface area contributed by atoms with E-state index in [0.717, 1.165) is 25.7 Å². The number of carbonyl (C=O) groups is 1. The number of nitrogen functional groups attached to an aromatic ring is 1. The third-order valence-corrected chi connectivity index (χ3v) is 3.60. The Morgan fingerprint density at radius 3 is 2.56 bits per heavy atom. The molecule has 1 saturated carbocycles. The van der Waals surface area contributed by atoms with E-state index < -0.39 is 0 Å². The lowest BCUT2D eigenvalue weighted by Crippen LogP contribution is -2.40. The minimum absolute atomic E-state index is 0.135. The van der Waals surface area contributed by atoms with Gasteiger partial charge in [0, 0.05) is 22.8 Å². The Balaban J connectivity index is 1.99. The van der Waals surface area contributed by atoms with E-state index in [-0.39, 0.29) is 18.0 Å². The average molecular weight is 268 g/mol. The largest absolute Gasteiger partial charge is 0.398 e. The maximum Gasteiger partial charge on any atom is 0.253 e. The SMILES string of the molecule is Nc1cc(Cl)ccc1C(=O)NC1CCC(N)CC1. The first-order valence-electron chi connectivity index (χ1n) is 6.17. The molecule has 0 unspecified atom stereocenters. The molecular formula is C13H18ClN3O. The first-order valence-corrected chi connectivity index (χ1v) is 6.55. The molecule has 1 aliphatic carbocycles. The van der Waals surface area contributed by atoms with E-state index in [4.69, 9.17) is 23.1 Å². The van der Waals surface area contributed by atoms with Gasteiger partial charge in [0.25, 0.3) is 5.91 Å². The van der Waals surface area contributed by atoms with E-state index in [0.29, 0.717) is 16.3 Å². The summed E-state index contributed by atoms with van der Waals surface area (Å²) in [7, 11) is 0. The van der Waals surface area contributed by atoms with Crippen LogP contribution in [0.25, 0.3) is 0 Å².